The van der Waals surface area contributed by atoms with Gasteiger partial charge in [0.2, 0.25) is 0 Å². The Morgan fingerprint density at radius 2 is 1.18 bits per heavy atom. The topological polar surface area (TPSA) is 121 Å². The van der Waals surface area contributed by atoms with Crippen molar-refractivity contribution in [3.63, 3.8) is 0 Å². The molecule has 0 aliphatic heterocycles. The van der Waals surface area contributed by atoms with Crippen molar-refractivity contribution in [3.8, 4) is 0 Å². The monoisotopic (exact) mass is 583 g/mol. The lowest BCUT2D eigenvalue weighted by atomic mass is 10.1. The number of benzene rings is 4. The number of aryl methyl sites for hydroxylation is 3. The summed E-state index contributed by atoms with van der Waals surface area (Å²) in [4.78, 5) is 12.9. The number of nitrogens with one attached hydrogen (secondary N) is 3. The van der Waals surface area contributed by atoms with Crippen LogP contribution < -0.4 is 14.8 Å². The van der Waals surface area contributed by atoms with E-state index < -0.39 is 26.0 Å². The summed E-state index contributed by atoms with van der Waals surface area (Å²) < 4.78 is 55.9. The van der Waals surface area contributed by atoms with Crippen LogP contribution in [0, 0.1) is 20.8 Å². The van der Waals surface area contributed by atoms with Crippen molar-refractivity contribution < 1.29 is 21.6 Å². The van der Waals surface area contributed by atoms with Crippen LogP contribution in [0.15, 0.2) is 94.7 Å². The molecule has 8 nitrogen and oxygen atoms in total. The van der Waals surface area contributed by atoms with Gasteiger partial charge in [0.15, 0.2) is 0 Å². The molecule has 0 aliphatic carbocycles. The second kappa shape index (κ2) is 11.1. The summed E-state index contributed by atoms with van der Waals surface area (Å²) in [6.07, 6.45) is 0. The minimum atomic E-state index is -3.83. The first-order chi connectivity index (χ1) is 18.3. The molecule has 0 spiro atoms. The van der Waals surface area contributed by atoms with Crippen LogP contribution in [-0.2, 0) is 20.0 Å². The molecule has 4 rings (SSSR count). The first-order valence-corrected chi connectivity index (χ1v) is 15.1. The maximum atomic E-state index is 12.8. The zero-order valence-electron chi connectivity index (χ0n) is 21.3. The summed E-state index contributed by atoms with van der Waals surface area (Å²) in [5, 5.41) is 2.70. The molecule has 0 bridgehead atoms. The van der Waals surface area contributed by atoms with E-state index in [9.17, 15) is 21.6 Å². The lowest BCUT2D eigenvalue weighted by molar-refractivity contribution is 0.102. The number of hydrogen-bond donors (Lipinski definition) is 3. The van der Waals surface area contributed by atoms with Gasteiger partial charge in [-0.2, -0.15) is 0 Å². The molecule has 202 valence electrons. The second-order valence-corrected chi connectivity index (χ2v) is 12.8. The number of rotatable bonds is 8. The van der Waals surface area contributed by atoms with E-state index in [0.717, 1.165) is 16.7 Å². The highest BCUT2D eigenvalue weighted by molar-refractivity contribution is 7.93. The summed E-state index contributed by atoms with van der Waals surface area (Å²) in [5.41, 5.74) is 3.90. The van der Waals surface area contributed by atoms with Gasteiger partial charge in [0.1, 0.15) is 0 Å². The Bertz CT molecular complexity index is 1750. The standard InChI is InChI=1S/C28H26ClN3O5S2/c1-18-4-10-23(11-5-18)38(34,35)31-22-9-14-25(26(29)17-22)28(33)30-21-7-12-24(13-8-21)39(36,37)32-27-15-6-19(2)16-20(27)3/h4-17,31-32H,1-3H3,(H,30,33). The maximum absolute atomic E-state index is 12.8. The zero-order chi connectivity index (χ0) is 28.4. The highest BCUT2D eigenvalue weighted by Gasteiger charge is 2.18. The highest BCUT2D eigenvalue weighted by Crippen LogP contribution is 2.26. The quantitative estimate of drug-likeness (QED) is 0.231. The van der Waals surface area contributed by atoms with Crippen molar-refractivity contribution in [2.45, 2.75) is 30.6 Å². The number of anilines is 3. The molecule has 0 unspecified atom stereocenters. The summed E-state index contributed by atoms with van der Waals surface area (Å²) in [5.74, 6) is -0.544. The van der Waals surface area contributed by atoms with Crippen molar-refractivity contribution in [2.75, 3.05) is 14.8 Å². The fraction of sp³-hybridized carbons (Fsp3) is 0.107. The SMILES string of the molecule is Cc1ccc(S(=O)(=O)Nc2ccc(C(=O)Nc3ccc(S(=O)(=O)Nc4ccc(C)cc4C)cc3)c(Cl)c2)cc1. The van der Waals surface area contributed by atoms with Crippen LogP contribution in [0.2, 0.25) is 5.02 Å². The van der Waals surface area contributed by atoms with E-state index >= 15 is 0 Å². The third-order valence-electron chi connectivity index (χ3n) is 5.85. The van der Waals surface area contributed by atoms with Crippen molar-refractivity contribution in [1.82, 2.24) is 0 Å². The molecule has 0 saturated carbocycles. The zero-order valence-corrected chi connectivity index (χ0v) is 23.7. The molecule has 11 heteroatoms. The van der Waals surface area contributed by atoms with E-state index in [1.165, 1.54) is 54.6 Å². The minimum Gasteiger partial charge on any atom is -0.322 e. The fourth-order valence-corrected chi connectivity index (χ4v) is 6.19. The van der Waals surface area contributed by atoms with E-state index in [-0.39, 0.29) is 26.1 Å². The molecule has 0 aromatic heterocycles. The Hall–Kier alpha value is -3.86. The molecule has 0 aliphatic rings. The minimum absolute atomic E-state index is 0.0312. The number of halogens is 1. The van der Waals surface area contributed by atoms with Crippen molar-refractivity contribution in [2.24, 2.45) is 0 Å². The van der Waals surface area contributed by atoms with Gasteiger partial charge in [-0.15, -0.1) is 0 Å². The summed E-state index contributed by atoms with van der Waals surface area (Å²) in [7, 11) is -7.67. The molecule has 0 saturated heterocycles. The molecule has 39 heavy (non-hydrogen) atoms. The van der Waals surface area contributed by atoms with Gasteiger partial charge < -0.3 is 5.32 Å². The van der Waals surface area contributed by atoms with Gasteiger partial charge in [0.05, 0.1) is 31.8 Å². The molecule has 1 amide bonds. The van der Waals surface area contributed by atoms with Gasteiger partial charge in [0, 0.05) is 5.69 Å². The van der Waals surface area contributed by atoms with E-state index in [1.54, 1.807) is 18.2 Å². The van der Waals surface area contributed by atoms with Crippen LogP contribution in [0.25, 0.3) is 0 Å². The molecule has 4 aromatic rings. The largest absolute Gasteiger partial charge is 0.322 e. The first-order valence-electron chi connectivity index (χ1n) is 11.7. The third kappa shape index (κ3) is 6.78. The van der Waals surface area contributed by atoms with Crippen LogP contribution in [0.3, 0.4) is 0 Å². The van der Waals surface area contributed by atoms with Gasteiger partial charge in [-0.1, -0.05) is 47.0 Å². The summed E-state index contributed by atoms with van der Waals surface area (Å²) >= 11 is 6.29. The molecule has 3 N–H and O–H groups in total. The van der Waals surface area contributed by atoms with Gasteiger partial charge in [-0.3, -0.25) is 14.2 Å². The average molecular weight is 584 g/mol. The molecule has 0 radical (unpaired) electrons. The Balaban J connectivity index is 1.44. The second-order valence-electron chi connectivity index (χ2n) is 9.02. The lowest BCUT2D eigenvalue weighted by Gasteiger charge is -2.13. The Morgan fingerprint density at radius 1 is 0.641 bits per heavy atom. The first kappa shape index (κ1) is 28.2. The van der Waals surface area contributed by atoms with Gasteiger partial charge in [0.25, 0.3) is 26.0 Å². The van der Waals surface area contributed by atoms with Crippen LogP contribution in [0.5, 0.6) is 0 Å². The number of carbonyl (C=O) groups is 1. The van der Waals surface area contributed by atoms with Crippen molar-refractivity contribution in [3.05, 3.63) is 112 Å². The molecule has 4 aromatic carbocycles. The lowest BCUT2D eigenvalue weighted by Crippen LogP contribution is -2.15. The summed E-state index contributed by atoms with van der Waals surface area (Å²) in [6.45, 7) is 5.60. The van der Waals surface area contributed by atoms with Crippen LogP contribution >= 0.6 is 11.6 Å². The van der Waals surface area contributed by atoms with Crippen LogP contribution in [0.4, 0.5) is 17.1 Å². The Labute approximate surface area is 233 Å². The smallest absolute Gasteiger partial charge is 0.261 e. The third-order valence-corrected chi connectivity index (χ3v) is 8.94. The molecule has 0 atom stereocenters. The predicted octanol–water partition coefficient (Wildman–Crippen LogP) is 6.12. The molecular weight excluding hydrogens is 558 g/mol. The fourth-order valence-electron chi connectivity index (χ4n) is 3.74. The normalized spacial score (nSPS) is 11.6. The average Bonchev–Trinajstić information content (AvgIpc) is 2.86. The molecule has 0 heterocycles. The van der Waals surface area contributed by atoms with Gasteiger partial charge in [-0.05, 0) is 87.0 Å². The number of amides is 1. The summed E-state index contributed by atoms with van der Waals surface area (Å²) in [6, 6.07) is 21.7. The number of hydrogen-bond acceptors (Lipinski definition) is 5. The van der Waals surface area contributed by atoms with Crippen molar-refractivity contribution in [1.29, 1.82) is 0 Å². The number of carbonyl (C=O) groups excluding carboxylic acids is 1. The predicted molar refractivity (Wildman–Crippen MR) is 155 cm³/mol. The number of sulfonamides is 2. The van der Waals surface area contributed by atoms with Gasteiger partial charge in [-0.25, -0.2) is 16.8 Å². The van der Waals surface area contributed by atoms with Crippen LogP contribution in [0.1, 0.15) is 27.0 Å². The molecular formula is C28H26ClN3O5S2. The van der Waals surface area contributed by atoms with E-state index in [0.29, 0.717) is 11.4 Å². The Morgan fingerprint density at radius 3 is 1.77 bits per heavy atom. The van der Waals surface area contributed by atoms with E-state index in [1.807, 2.05) is 32.9 Å². The van der Waals surface area contributed by atoms with Gasteiger partial charge >= 0.3 is 0 Å². The van der Waals surface area contributed by atoms with Crippen LogP contribution in [-0.4, -0.2) is 22.7 Å². The van der Waals surface area contributed by atoms with E-state index in [2.05, 4.69) is 14.8 Å². The van der Waals surface area contributed by atoms with E-state index in [4.69, 9.17) is 11.6 Å². The Kier molecular flexibility index (Phi) is 8.01. The highest BCUT2D eigenvalue weighted by atomic mass is 35.5. The maximum Gasteiger partial charge on any atom is 0.261 e. The molecule has 0 fully saturated rings. The van der Waals surface area contributed by atoms with Crippen molar-refractivity contribution >= 4 is 54.6 Å².